The molecule has 0 aromatic carbocycles. The van der Waals surface area contributed by atoms with E-state index in [1.165, 1.54) is 19.3 Å². The van der Waals surface area contributed by atoms with Gasteiger partial charge in [-0.15, -0.1) is 0 Å². The van der Waals surface area contributed by atoms with E-state index in [9.17, 15) is 4.79 Å². The molecular formula is C14H19N3O. The van der Waals surface area contributed by atoms with Gasteiger partial charge < -0.3 is 10.2 Å². The van der Waals surface area contributed by atoms with Gasteiger partial charge in [-0.1, -0.05) is 0 Å². The number of aromatic nitrogens is 1. The normalized spacial score (nSPS) is 25.5. The molecule has 1 amide bonds. The Morgan fingerprint density at radius 3 is 3.11 bits per heavy atom. The molecule has 3 rings (SSSR count). The van der Waals surface area contributed by atoms with E-state index in [0.717, 1.165) is 24.7 Å². The van der Waals surface area contributed by atoms with Crippen molar-refractivity contribution in [3.05, 3.63) is 24.0 Å². The van der Waals surface area contributed by atoms with E-state index in [1.54, 1.807) is 6.20 Å². The summed E-state index contributed by atoms with van der Waals surface area (Å²) in [6.07, 6.45) is 5.36. The highest BCUT2D eigenvalue weighted by Crippen LogP contribution is 2.37. The number of pyridine rings is 1. The van der Waals surface area contributed by atoms with Crippen LogP contribution in [0.4, 0.5) is 5.69 Å². The summed E-state index contributed by atoms with van der Waals surface area (Å²) in [7, 11) is 0. The van der Waals surface area contributed by atoms with Crippen LogP contribution in [-0.2, 0) is 0 Å². The van der Waals surface area contributed by atoms with Crippen molar-refractivity contribution < 1.29 is 4.79 Å². The quantitative estimate of drug-likeness (QED) is 0.887. The number of carbonyl (C=O) groups is 1. The van der Waals surface area contributed by atoms with Crippen molar-refractivity contribution in [2.24, 2.45) is 5.92 Å². The lowest BCUT2D eigenvalue weighted by molar-refractivity contribution is 0.0697. The van der Waals surface area contributed by atoms with Gasteiger partial charge in [-0.3, -0.25) is 9.78 Å². The van der Waals surface area contributed by atoms with E-state index in [-0.39, 0.29) is 5.91 Å². The molecule has 18 heavy (non-hydrogen) atoms. The van der Waals surface area contributed by atoms with Crippen LogP contribution in [0.15, 0.2) is 18.3 Å². The van der Waals surface area contributed by atoms with E-state index in [1.807, 2.05) is 24.0 Å². The SMILES string of the molecule is CCNc1ccnc(C(=O)N2CC3CCC2C3)c1. The fourth-order valence-corrected chi connectivity index (χ4v) is 3.18. The van der Waals surface area contributed by atoms with Gasteiger partial charge in [-0.05, 0) is 44.2 Å². The van der Waals surface area contributed by atoms with E-state index in [2.05, 4.69) is 10.3 Å². The molecule has 0 radical (unpaired) electrons. The number of carbonyl (C=O) groups excluding carboxylic acids is 1. The molecule has 0 spiro atoms. The Balaban J connectivity index is 1.77. The van der Waals surface area contributed by atoms with Crippen LogP contribution in [0, 0.1) is 5.92 Å². The number of likely N-dealkylation sites (tertiary alicyclic amines) is 1. The number of nitrogens with one attached hydrogen (secondary N) is 1. The summed E-state index contributed by atoms with van der Waals surface area (Å²) in [5, 5.41) is 3.22. The van der Waals surface area contributed by atoms with Crippen molar-refractivity contribution in [2.45, 2.75) is 32.2 Å². The zero-order chi connectivity index (χ0) is 12.5. The standard InChI is InChI=1S/C14H19N3O/c1-2-15-11-5-6-16-13(8-11)14(18)17-9-10-3-4-12(17)7-10/h5-6,8,10,12H,2-4,7,9H2,1H3,(H,15,16). The molecular weight excluding hydrogens is 226 g/mol. The second-order valence-corrected chi connectivity index (χ2v) is 5.25. The summed E-state index contributed by atoms with van der Waals surface area (Å²) in [6, 6.07) is 4.22. The predicted octanol–water partition coefficient (Wildman–Crippen LogP) is 2.14. The maximum atomic E-state index is 12.4. The molecule has 2 heterocycles. The molecule has 2 atom stereocenters. The highest BCUT2D eigenvalue weighted by molar-refractivity contribution is 5.93. The highest BCUT2D eigenvalue weighted by Gasteiger charge is 2.40. The highest BCUT2D eigenvalue weighted by atomic mass is 16.2. The van der Waals surface area contributed by atoms with Crippen LogP contribution in [0.25, 0.3) is 0 Å². The molecule has 2 unspecified atom stereocenters. The van der Waals surface area contributed by atoms with Crippen molar-refractivity contribution in [2.75, 3.05) is 18.4 Å². The third-order valence-electron chi connectivity index (χ3n) is 4.03. The van der Waals surface area contributed by atoms with Gasteiger partial charge in [0.05, 0.1) is 0 Å². The average molecular weight is 245 g/mol. The minimum absolute atomic E-state index is 0.0990. The molecule has 2 fully saturated rings. The largest absolute Gasteiger partial charge is 0.385 e. The second-order valence-electron chi connectivity index (χ2n) is 5.25. The molecule has 1 N–H and O–H groups in total. The Morgan fingerprint density at radius 2 is 2.44 bits per heavy atom. The van der Waals surface area contributed by atoms with Gasteiger partial charge in [0.2, 0.25) is 0 Å². The van der Waals surface area contributed by atoms with Gasteiger partial charge in [0.25, 0.3) is 5.91 Å². The summed E-state index contributed by atoms with van der Waals surface area (Å²) in [5.41, 5.74) is 1.54. The fourth-order valence-electron chi connectivity index (χ4n) is 3.18. The number of hydrogen-bond donors (Lipinski definition) is 1. The molecule has 4 nitrogen and oxygen atoms in total. The van der Waals surface area contributed by atoms with Gasteiger partial charge >= 0.3 is 0 Å². The van der Waals surface area contributed by atoms with Gasteiger partial charge in [0.15, 0.2) is 0 Å². The van der Waals surface area contributed by atoms with E-state index in [0.29, 0.717) is 11.7 Å². The smallest absolute Gasteiger partial charge is 0.272 e. The molecule has 2 aliphatic rings. The first-order valence-electron chi connectivity index (χ1n) is 6.79. The van der Waals surface area contributed by atoms with E-state index >= 15 is 0 Å². The first kappa shape index (κ1) is 11.5. The molecule has 1 aliphatic carbocycles. The van der Waals surface area contributed by atoms with Crippen molar-refractivity contribution in [3.8, 4) is 0 Å². The van der Waals surface area contributed by atoms with Crippen LogP contribution < -0.4 is 5.32 Å². The Bertz CT molecular complexity index is 460. The number of anilines is 1. The lowest BCUT2D eigenvalue weighted by Gasteiger charge is -2.26. The predicted molar refractivity (Wildman–Crippen MR) is 70.6 cm³/mol. The third-order valence-corrected chi connectivity index (χ3v) is 4.03. The number of amides is 1. The number of rotatable bonds is 3. The monoisotopic (exact) mass is 245 g/mol. The average Bonchev–Trinajstić information content (AvgIpc) is 3.01. The lowest BCUT2D eigenvalue weighted by Crippen LogP contribution is -2.38. The molecule has 96 valence electrons. The van der Waals surface area contributed by atoms with Gasteiger partial charge in [0, 0.05) is 31.0 Å². The van der Waals surface area contributed by atoms with Gasteiger partial charge in [0.1, 0.15) is 5.69 Å². The Kier molecular flexibility index (Phi) is 2.94. The van der Waals surface area contributed by atoms with Crippen LogP contribution >= 0.6 is 0 Å². The van der Waals surface area contributed by atoms with Crippen LogP contribution in [0.2, 0.25) is 0 Å². The van der Waals surface area contributed by atoms with Gasteiger partial charge in [-0.25, -0.2) is 0 Å². The topological polar surface area (TPSA) is 45.2 Å². The first-order chi connectivity index (χ1) is 8.78. The Morgan fingerprint density at radius 1 is 1.56 bits per heavy atom. The number of nitrogens with zero attached hydrogens (tertiary/aromatic N) is 2. The van der Waals surface area contributed by atoms with Crippen molar-refractivity contribution in [1.29, 1.82) is 0 Å². The third kappa shape index (κ3) is 1.96. The maximum absolute atomic E-state index is 12.4. The molecule has 1 aliphatic heterocycles. The number of piperidine rings is 1. The van der Waals surface area contributed by atoms with Crippen LogP contribution in [0.1, 0.15) is 36.7 Å². The summed E-state index contributed by atoms with van der Waals surface area (Å²) in [5.74, 6) is 0.831. The number of fused-ring (bicyclic) bond motifs is 2. The Hall–Kier alpha value is -1.58. The van der Waals surface area contributed by atoms with E-state index in [4.69, 9.17) is 0 Å². The summed E-state index contributed by atoms with van der Waals surface area (Å²) < 4.78 is 0. The molecule has 1 saturated heterocycles. The van der Waals surface area contributed by atoms with Crippen LogP contribution in [-0.4, -0.2) is 34.9 Å². The molecule has 1 aromatic heterocycles. The summed E-state index contributed by atoms with van der Waals surface area (Å²) >= 11 is 0. The second kappa shape index (κ2) is 4.59. The molecule has 1 aromatic rings. The van der Waals surface area contributed by atoms with Crippen molar-refractivity contribution in [1.82, 2.24) is 9.88 Å². The minimum Gasteiger partial charge on any atom is -0.385 e. The maximum Gasteiger partial charge on any atom is 0.272 e. The fraction of sp³-hybridized carbons (Fsp3) is 0.571. The van der Waals surface area contributed by atoms with E-state index < -0.39 is 0 Å². The van der Waals surface area contributed by atoms with Gasteiger partial charge in [-0.2, -0.15) is 0 Å². The molecule has 2 bridgehead atoms. The van der Waals surface area contributed by atoms with Crippen LogP contribution in [0.3, 0.4) is 0 Å². The Labute approximate surface area is 107 Å². The first-order valence-corrected chi connectivity index (χ1v) is 6.79. The zero-order valence-electron chi connectivity index (χ0n) is 10.7. The number of hydrogen-bond acceptors (Lipinski definition) is 3. The van der Waals surface area contributed by atoms with Crippen LogP contribution in [0.5, 0.6) is 0 Å². The van der Waals surface area contributed by atoms with Crippen molar-refractivity contribution >= 4 is 11.6 Å². The minimum atomic E-state index is 0.0990. The van der Waals surface area contributed by atoms with Crippen molar-refractivity contribution in [3.63, 3.8) is 0 Å². The summed E-state index contributed by atoms with van der Waals surface area (Å²) in [4.78, 5) is 18.7. The lowest BCUT2D eigenvalue weighted by atomic mass is 10.1. The zero-order valence-corrected chi connectivity index (χ0v) is 10.7. The summed E-state index contributed by atoms with van der Waals surface area (Å²) in [6.45, 7) is 3.82. The molecule has 4 heteroatoms. The molecule has 1 saturated carbocycles.